The standard InChI is InChI=1S/C28H31N3O6S/c1-17-24(16-38-28-29-13-4-14-30-28)36-27(37-25(17)21-7-5-20(15-32)6-8-21)22-9-11-23(12-10-22)31-26(34)18(2)35-19(3)33/h4-14,17-18,24-25,27,32H,15-16H2,1-3H3,(H,31,34)/t17-,18+,24+,25+,27+/m1/s1. The Morgan fingerprint density at radius 1 is 1.05 bits per heavy atom. The Labute approximate surface area is 225 Å². The minimum atomic E-state index is -0.900. The summed E-state index contributed by atoms with van der Waals surface area (Å²) in [4.78, 5) is 32.0. The van der Waals surface area contributed by atoms with Gasteiger partial charge in [0.15, 0.2) is 17.6 Å². The summed E-state index contributed by atoms with van der Waals surface area (Å²) in [7, 11) is 0. The molecule has 2 N–H and O–H groups in total. The third kappa shape index (κ3) is 7.16. The topological polar surface area (TPSA) is 120 Å². The fourth-order valence-corrected chi connectivity index (χ4v) is 5.06. The molecule has 5 atom stereocenters. The molecule has 1 aliphatic heterocycles. The number of anilines is 1. The van der Waals surface area contributed by atoms with Crippen molar-refractivity contribution in [2.24, 2.45) is 5.92 Å². The molecule has 3 aromatic rings. The van der Waals surface area contributed by atoms with Crippen LogP contribution in [0.25, 0.3) is 0 Å². The molecular weight excluding hydrogens is 506 g/mol. The van der Waals surface area contributed by atoms with Crippen molar-refractivity contribution in [2.75, 3.05) is 11.1 Å². The first-order chi connectivity index (χ1) is 18.3. The highest BCUT2D eigenvalue weighted by atomic mass is 32.2. The lowest BCUT2D eigenvalue weighted by Gasteiger charge is -2.41. The molecule has 200 valence electrons. The summed E-state index contributed by atoms with van der Waals surface area (Å²) in [5.41, 5.74) is 3.19. The van der Waals surface area contributed by atoms with Crippen LogP contribution in [0.4, 0.5) is 5.69 Å². The number of carbonyl (C=O) groups is 2. The molecule has 1 aromatic heterocycles. The molecule has 0 unspecified atom stereocenters. The molecular formula is C28H31N3O6S. The smallest absolute Gasteiger partial charge is 0.303 e. The summed E-state index contributed by atoms with van der Waals surface area (Å²) >= 11 is 1.53. The predicted molar refractivity (Wildman–Crippen MR) is 142 cm³/mol. The molecule has 0 bridgehead atoms. The molecule has 1 fully saturated rings. The van der Waals surface area contributed by atoms with E-state index in [1.165, 1.54) is 25.6 Å². The highest BCUT2D eigenvalue weighted by molar-refractivity contribution is 7.99. The van der Waals surface area contributed by atoms with Crippen LogP contribution in [0.3, 0.4) is 0 Å². The molecule has 0 radical (unpaired) electrons. The number of esters is 1. The zero-order valence-corrected chi connectivity index (χ0v) is 22.3. The maximum absolute atomic E-state index is 12.3. The number of aliphatic hydroxyl groups is 1. The Morgan fingerprint density at radius 3 is 2.34 bits per heavy atom. The molecule has 1 amide bonds. The lowest BCUT2D eigenvalue weighted by molar-refractivity contribution is -0.268. The predicted octanol–water partition coefficient (Wildman–Crippen LogP) is 4.44. The van der Waals surface area contributed by atoms with Crippen molar-refractivity contribution in [1.29, 1.82) is 0 Å². The van der Waals surface area contributed by atoms with Crippen LogP contribution < -0.4 is 5.32 Å². The van der Waals surface area contributed by atoms with Crippen LogP contribution in [0.1, 0.15) is 49.9 Å². The molecule has 10 heteroatoms. The third-order valence-corrected chi connectivity index (χ3v) is 7.17. The van der Waals surface area contributed by atoms with Crippen LogP contribution in [0.5, 0.6) is 0 Å². The van der Waals surface area contributed by atoms with Crippen molar-refractivity contribution >= 4 is 29.3 Å². The monoisotopic (exact) mass is 537 g/mol. The summed E-state index contributed by atoms with van der Waals surface area (Å²) in [6, 6.07) is 16.7. The molecule has 0 spiro atoms. The number of thioether (sulfide) groups is 1. The third-order valence-electron chi connectivity index (χ3n) is 6.20. The van der Waals surface area contributed by atoms with Gasteiger partial charge in [0.1, 0.15) is 0 Å². The van der Waals surface area contributed by atoms with Gasteiger partial charge in [-0.15, -0.1) is 0 Å². The number of hydrogen-bond acceptors (Lipinski definition) is 9. The summed E-state index contributed by atoms with van der Waals surface area (Å²) in [5, 5.41) is 12.9. The first-order valence-corrected chi connectivity index (χ1v) is 13.3. The average Bonchev–Trinajstić information content (AvgIpc) is 2.93. The molecule has 2 heterocycles. The van der Waals surface area contributed by atoms with Crippen LogP contribution in [0.2, 0.25) is 0 Å². The van der Waals surface area contributed by atoms with Gasteiger partial charge in [0, 0.05) is 42.2 Å². The van der Waals surface area contributed by atoms with Crippen LogP contribution in [0, 0.1) is 5.92 Å². The summed E-state index contributed by atoms with van der Waals surface area (Å²) in [5.74, 6) is -0.267. The average molecular weight is 538 g/mol. The lowest BCUT2D eigenvalue weighted by Crippen LogP contribution is -2.38. The Morgan fingerprint density at radius 2 is 1.71 bits per heavy atom. The van der Waals surface area contributed by atoms with Gasteiger partial charge >= 0.3 is 5.97 Å². The van der Waals surface area contributed by atoms with E-state index in [0.717, 1.165) is 16.7 Å². The zero-order chi connectivity index (χ0) is 27.1. The second-order valence-corrected chi connectivity index (χ2v) is 10.0. The Bertz CT molecular complexity index is 1210. The van der Waals surface area contributed by atoms with E-state index in [2.05, 4.69) is 22.2 Å². The van der Waals surface area contributed by atoms with Gasteiger partial charge in [0.05, 0.1) is 18.8 Å². The maximum Gasteiger partial charge on any atom is 0.303 e. The molecule has 38 heavy (non-hydrogen) atoms. The zero-order valence-electron chi connectivity index (χ0n) is 21.4. The first-order valence-electron chi connectivity index (χ1n) is 12.3. The van der Waals surface area contributed by atoms with Crippen LogP contribution in [-0.4, -0.2) is 44.9 Å². The van der Waals surface area contributed by atoms with E-state index in [4.69, 9.17) is 14.2 Å². The van der Waals surface area contributed by atoms with Gasteiger partial charge in [0.2, 0.25) is 0 Å². The van der Waals surface area contributed by atoms with Crippen molar-refractivity contribution in [2.45, 2.75) is 57.1 Å². The van der Waals surface area contributed by atoms with E-state index in [-0.39, 0.29) is 24.7 Å². The number of ether oxygens (including phenoxy) is 3. The van der Waals surface area contributed by atoms with Crippen molar-refractivity contribution < 1.29 is 28.9 Å². The SMILES string of the molecule is CC(=O)O[C@@H](C)C(=O)Nc1ccc([C@H]2O[C@@H](CSc3ncccn3)[C@@H](C)[C@@H](c3ccc(CO)cc3)O2)cc1. The van der Waals surface area contributed by atoms with Gasteiger partial charge in [0.25, 0.3) is 5.91 Å². The highest BCUT2D eigenvalue weighted by Gasteiger charge is 2.38. The Kier molecular flexibility index (Phi) is 9.46. The second kappa shape index (κ2) is 13.0. The molecule has 0 aliphatic carbocycles. The minimum absolute atomic E-state index is 0.0218. The van der Waals surface area contributed by atoms with Gasteiger partial charge in [-0.25, -0.2) is 9.97 Å². The molecule has 0 saturated carbocycles. The Balaban J connectivity index is 1.51. The number of rotatable bonds is 9. The van der Waals surface area contributed by atoms with Crippen LogP contribution in [0.15, 0.2) is 72.1 Å². The summed E-state index contributed by atoms with van der Waals surface area (Å²) in [6.07, 6.45) is 1.49. The molecule has 4 rings (SSSR count). The van der Waals surface area contributed by atoms with E-state index in [1.807, 2.05) is 36.4 Å². The molecule has 2 aromatic carbocycles. The van der Waals surface area contributed by atoms with Crippen molar-refractivity contribution in [3.8, 4) is 0 Å². The summed E-state index contributed by atoms with van der Waals surface area (Å²) in [6.45, 7) is 4.85. The van der Waals surface area contributed by atoms with E-state index in [0.29, 0.717) is 16.6 Å². The van der Waals surface area contributed by atoms with Gasteiger partial charge in [-0.1, -0.05) is 55.1 Å². The van der Waals surface area contributed by atoms with Crippen LogP contribution >= 0.6 is 11.8 Å². The quantitative estimate of drug-likeness (QED) is 0.232. The highest BCUT2D eigenvalue weighted by Crippen LogP contribution is 2.42. The fourth-order valence-electron chi connectivity index (χ4n) is 4.10. The molecule has 1 saturated heterocycles. The van der Waals surface area contributed by atoms with Gasteiger partial charge < -0.3 is 24.6 Å². The fraction of sp³-hybridized carbons (Fsp3) is 0.357. The largest absolute Gasteiger partial charge is 0.453 e. The number of aromatic nitrogens is 2. The molecule has 1 aliphatic rings. The van der Waals surface area contributed by atoms with E-state index in [1.54, 1.807) is 30.6 Å². The van der Waals surface area contributed by atoms with Crippen molar-refractivity contribution in [3.63, 3.8) is 0 Å². The number of carbonyl (C=O) groups excluding carboxylic acids is 2. The van der Waals surface area contributed by atoms with Crippen LogP contribution in [-0.2, 0) is 30.4 Å². The number of hydrogen-bond donors (Lipinski definition) is 2. The van der Waals surface area contributed by atoms with Crippen molar-refractivity contribution in [3.05, 3.63) is 83.7 Å². The Hall–Kier alpha value is -3.31. The molecule has 9 nitrogen and oxygen atoms in total. The summed E-state index contributed by atoms with van der Waals surface area (Å²) < 4.78 is 17.8. The van der Waals surface area contributed by atoms with E-state index < -0.39 is 24.3 Å². The number of nitrogens with one attached hydrogen (secondary N) is 1. The number of benzene rings is 2. The second-order valence-electron chi connectivity index (χ2n) is 9.03. The van der Waals surface area contributed by atoms with Crippen molar-refractivity contribution in [1.82, 2.24) is 9.97 Å². The number of amides is 1. The lowest BCUT2D eigenvalue weighted by atomic mass is 9.91. The minimum Gasteiger partial charge on any atom is -0.453 e. The van der Waals surface area contributed by atoms with E-state index in [9.17, 15) is 14.7 Å². The van der Waals surface area contributed by atoms with Gasteiger partial charge in [-0.05, 0) is 36.2 Å². The maximum atomic E-state index is 12.3. The van der Waals surface area contributed by atoms with Gasteiger partial charge in [-0.3, -0.25) is 9.59 Å². The normalized spacial score (nSPS) is 21.9. The van der Waals surface area contributed by atoms with Gasteiger partial charge in [-0.2, -0.15) is 0 Å². The number of aliphatic hydroxyl groups excluding tert-OH is 1. The first kappa shape index (κ1) is 27.7. The number of nitrogens with zero attached hydrogens (tertiary/aromatic N) is 2. The van der Waals surface area contributed by atoms with E-state index >= 15 is 0 Å².